The number of rotatable bonds is 26. The molecule has 184 valence electrons. The summed E-state index contributed by atoms with van der Waals surface area (Å²) in [5.41, 5.74) is 0. The molecule has 0 rings (SSSR count). The average Bonchev–Trinajstić information content (AvgIpc) is 2.76. The summed E-state index contributed by atoms with van der Waals surface area (Å²) in [5.74, 6) is -0.656. The molecule has 0 saturated heterocycles. The van der Waals surface area contributed by atoms with E-state index in [9.17, 15) is 4.79 Å². The molecule has 0 saturated carbocycles. The predicted molar refractivity (Wildman–Crippen MR) is 138 cm³/mol. The lowest BCUT2D eigenvalue weighted by atomic mass is 10.0. The van der Waals surface area contributed by atoms with Crippen LogP contribution in [0.4, 0.5) is 0 Å². The number of unbranched alkanes of at least 4 members (excludes halogenated alkanes) is 22. The Kier molecular flexibility index (Phi) is 26.5. The summed E-state index contributed by atoms with van der Waals surface area (Å²) in [6.07, 6.45) is 37.5. The fraction of sp³-hybridized carbons (Fsp3) is 0.897. The quantitative estimate of drug-likeness (QED) is 0.108. The van der Waals surface area contributed by atoms with Crippen LogP contribution in [-0.2, 0) is 4.79 Å². The van der Waals surface area contributed by atoms with E-state index in [1.54, 1.807) is 0 Å². The first-order valence-electron chi connectivity index (χ1n) is 14.1. The summed E-state index contributed by atoms with van der Waals surface area (Å²) in [6.45, 7) is 2.29. The topological polar surface area (TPSA) is 37.3 Å². The maximum absolute atomic E-state index is 10.4. The van der Waals surface area contributed by atoms with E-state index in [1.165, 1.54) is 141 Å². The lowest BCUT2D eigenvalue weighted by Crippen LogP contribution is -1.93. The molecular formula is C29H56O2. The molecule has 0 aliphatic heterocycles. The van der Waals surface area contributed by atoms with Gasteiger partial charge in [0, 0.05) is 6.42 Å². The Bertz CT molecular complexity index is 375. The van der Waals surface area contributed by atoms with Crippen molar-refractivity contribution in [2.45, 2.75) is 167 Å². The van der Waals surface area contributed by atoms with Gasteiger partial charge in [-0.1, -0.05) is 141 Å². The third-order valence-electron chi connectivity index (χ3n) is 6.40. The van der Waals surface area contributed by atoms with Gasteiger partial charge in [0.05, 0.1) is 0 Å². The molecule has 2 nitrogen and oxygen atoms in total. The van der Waals surface area contributed by atoms with Crippen molar-refractivity contribution in [2.24, 2.45) is 0 Å². The molecule has 1 N–H and O–H groups in total. The second kappa shape index (κ2) is 27.2. The minimum absolute atomic E-state index is 0.337. The predicted octanol–water partition coefficient (Wildman–Crippen LogP) is 10.4. The highest BCUT2D eigenvalue weighted by Crippen LogP contribution is 2.14. The Morgan fingerprint density at radius 2 is 0.774 bits per heavy atom. The molecular weight excluding hydrogens is 380 g/mol. The number of carboxylic acids is 1. The minimum atomic E-state index is -0.656. The Balaban J connectivity index is 3.08. The van der Waals surface area contributed by atoms with Crippen molar-refractivity contribution < 1.29 is 9.90 Å². The summed E-state index contributed by atoms with van der Waals surface area (Å²) >= 11 is 0. The van der Waals surface area contributed by atoms with Crippen LogP contribution in [0, 0.1) is 0 Å². The number of carboxylic acid groups (broad SMARTS) is 1. The van der Waals surface area contributed by atoms with Crippen LogP contribution in [-0.4, -0.2) is 11.1 Å². The summed E-state index contributed by atoms with van der Waals surface area (Å²) in [7, 11) is 0. The normalized spacial score (nSPS) is 11.5. The van der Waals surface area contributed by atoms with Crippen molar-refractivity contribution in [3.63, 3.8) is 0 Å². The molecule has 0 aliphatic carbocycles. The van der Waals surface area contributed by atoms with Gasteiger partial charge in [0.25, 0.3) is 0 Å². The zero-order valence-electron chi connectivity index (χ0n) is 21.2. The molecule has 0 fully saturated rings. The Labute approximate surface area is 195 Å². The van der Waals surface area contributed by atoms with Crippen LogP contribution >= 0.6 is 0 Å². The van der Waals surface area contributed by atoms with E-state index >= 15 is 0 Å². The highest BCUT2D eigenvalue weighted by atomic mass is 16.4. The van der Waals surface area contributed by atoms with Crippen molar-refractivity contribution in [1.82, 2.24) is 0 Å². The monoisotopic (exact) mass is 436 g/mol. The standard InChI is InChI=1S/C29H56O2/c1-2-3-4-5-6-7-8-9-10-11-12-13-14-15-16-17-18-19-20-21-22-23-24-25-26-27-28-29(30)31/h18-19H,2-17,20-28H2,1H3,(H,30,31). The minimum Gasteiger partial charge on any atom is -0.481 e. The van der Waals surface area contributed by atoms with E-state index in [1.807, 2.05) is 0 Å². The van der Waals surface area contributed by atoms with Gasteiger partial charge in [-0.2, -0.15) is 0 Å². The third kappa shape index (κ3) is 29.2. The van der Waals surface area contributed by atoms with E-state index in [2.05, 4.69) is 19.1 Å². The molecule has 0 aromatic rings. The van der Waals surface area contributed by atoms with Crippen LogP contribution in [0.25, 0.3) is 0 Å². The highest BCUT2D eigenvalue weighted by Gasteiger charge is 1.97. The lowest BCUT2D eigenvalue weighted by Gasteiger charge is -2.03. The summed E-state index contributed by atoms with van der Waals surface area (Å²) in [6, 6.07) is 0. The average molecular weight is 437 g/mol. The molecule has 31 heavy (non-hydrogen) atoms. The van der Waals surface area contributed by atoms with E-state index in [-0.39, 0.29) is 0 Å². The van der Waals surface area contributed by atoms with Gasteiger partial charge in [0.1, 0.15) is 0 Å². The van der Waals surface area contributed by atoms with Crippen LogP contribution in [0.3, 0.4) is 0 Å². The zero-order chi connectivity index (χ0) is 22.7. The molecule has 0 radical (unpaired) electrons. The molecule has 0 unspecified atom stereocenters. The van der Waals surface area contributed by atoms with Crippen LogP contribution < -0.4 is 0 Å². The lowest BCUT2D eigenvalue weighted by molar-refractivity contribution is -0.137. The van der Waals surface area contributed by atoms with Gasteiger partial charge in [-0.3, -0.25) is 4.79 Å². The molecule has 0 spiro atoms. The number of allylic oxidation sites excluding steroid dienone is 2. The molecule has 0 atom stereocenters. The van der Waals surface area contributed by atoms with Crippen LogP contribution in [0.15, 0.2) is 12.2 Å². The third-order valence-corrected chi connectivity index (χ3v) is 6.40. The zero-order valence-corrected chi connectivity index (χ0v) is 21.2. The SMILES string of the molecule is CCCCCCCCCCCCCCCCCC=CCCCCCCCCCC(=O)O. The van der Waals surface area contributed by atoms with Crippen molar-refractivity contribution >= 4 is 5.97 Å². The molecule has 0 aliphatic rings. The molecule has 0 aromatic heterocycles. The first kappa shape index (κ1) is 30.2. The molecule has 0 amide bonds. The Morgan fingerprint density at radius 3 is 1.10 bits per heavy atom. The largest absolute Gasteiger partial charge is 0.481 e. The fourth-order valence-corrected chi connectivity index (χ4v) is 4.29. The van der Waals surface area contributed by atoms with Gasteiger partial charge in [-0.25, -0.2) is 0 Å². The smallest absolute Gasteiger partial charge is 0.303 e. The fourth-order valence-electron chi connectivity index (χ4n) is 4.29. The number of carbonyl (C=O) groups is 1. The molecule has 0 heterocycles. The summed E-state index contributed by atoms with van der Waals surface area (Å²) in [4.78, 5) is 10.4. The van der Waals surface area contributed by atoms with Crippen molar-refractivity contribution in [3.8, 4) is 0 Å². The number of aliphatic carboxylic acids is 1. The van der Waals surface area contributed by atoms with Crippen molar-refractivity contribution in [1.29, 1.82) is 0 Å². The van der Waals surface area contributed by atoms with E-state index < -0.39 is 5.97 Å². The number of hydrogen-bond acceptors (Lipinski definition) is 1. The van der Waals surface area contributed by atoms with Crippen molar-refractivity contribution in [3.05, 3.63) is 12.2 Å². The summed E-state index contributed by atoms with van der Waals surface area (Å²) in [5, 5.41) is 8.59. The van der Waals surface area contributed by atoms with E-state index in [0.29, 0.717) is 6.42 Å². The van der Waals surface area contributed by atoms with Crippen molar-refractivity contribution in [2.75, 3.05) is 0 Å². The Hall–Kier alpha value is -0.790. The van der Waals surface area contributed by atoms with Crippen LogP contribution in [0.5, 0.6) is 0 Å². The highest BCUT2D eigenvalue weighted by molar-refractivity contribution is 5.66. The van der Waals surface area contributed by atoms with E-state index in [0.717, 1.165) is 12.8 Å². The van der Waals surface area contributed by atoms with Gasteiger partial charge in [-0.15, -0.1) is 0 Å². The van der Waals surface area contributed by atoms with Gasteiger partial charge in [0.15, 0.2) is 0 Å². The Morgan fingerprint density at radius 1 is 0.484 bits per heavy atom. The second-order valence-corrected chi connectivity index (χ2v) is 9.62. The van der Waals surface area contributed by atoms with Gasteiger partial charge >= 0.3 is 5.97 Å². The summed E-state index contributed by atoms with van der Waals surface area (Å²) < 4.78 is 0. The number of hydrogen-bond donors (Lipinski definition) is 1. The second-order valence-electron chi connectivity index (χ2n) is 9.62. The van der Waals surface area contributed by atoms with Crippen LogP contribution in [0.1, 0.15) is 167 Å². The van der Waals surface area contributed by atoms with Crippen LogP contribution in [0.2, 0.25) is 0 Å². The first-order valence-corrected chi connectivity index (χ1v) is 14.1. The van der Waals surface area contributed by atoms with E-state index in [4.69, 9.17) is 5.11 Å². The first-order chi connectivity index (χ1) is 15.3. The maximum atomic E-state index is 10.4. The molecule has 0 bridgehead atoms. The van der Waals surface area contributed by atoms with Gasteiger partial charge in [0.2, 0.25) is 0 Å². The molecule has 2 heteroatoms. The van der Waals surface area contributed by atoms with Gasteiger partial charge in [-0.05, 0) is 32.1 Å². The molecule has 0 aromatic carbocycles. The van der Waals surface area contributed by atoms with Gasteiger partial charge < -0.3 is 5.11 Å². The maximum Gasteiger partial charge on any atom is 0.303 e.